The summed E-state index contributed by atoms with van der Waals surface area (Å²) in [6.07, 6.45) is 2.02. The van der Waals surface area contributed by atoms with E-state index in [0.717, 1.165) is 19.4 Å². The molecule has 1 aliphatic carbocycles. The second kappa shape index (κ2) is 5.62. The van der Waals surface area contributed by atoms with E-state index in [4.69, 9.17) is 4.74 Å². The van der Waals surface area contributed by atoms with Gasteiger partial charge in [0, 0.05) is 24.7 Å². The van der Waals surface area contributed by atoms with Crippen LogP contribution in [0.2, 0.25) is 0 Å². The molecular formula is C15H28N2O3. The molecule has 0 radical (unpaired) electrons. The molecule has 2 fully saturated rings. The normalized spacial score (nSPS) is 26.4. The summed E-state index contributed by atoms with van der Waals surface area (Å²) in [5.41, 5.74) is -0.921. The Morgan fingerprint density at radius 3 is 2.60 bits per heavy atom. The van der Waals surface area contributed by atoms with Crippen molar-refractivity contribution < 1.29 is 14.6 Å². The molecule has 1 heterocycles. The summed E-state index contributed by atoms with van der Waals surface area (Å²) in [7, 11) is 0. The van der Waals surface area contributed by atoms with Gasteiger partial charge in [0.05, 0.1) is 13.2 Å². The average molecular weight is 284 g/mol. The van der Waals surface area contributed by atoms with Crippen LogP contribution in [0, 0.1) is 5.92 Å². The van der Waals surface area contributed by atoms with Gasteiger partial charge in [-0.15, -0.1) is 0 Å². The molecule has 2 aliphatic rings. The number of aliphatic carboxylic acids is 1. The highest BCUT2D eigenvalue weighted by Crippen LogP contribution is 2.41. The standard InChI is InChI=1S/C15H28N2O3/c1-11(2)16-15(13(18)19,12-5-6-12)9-17-7-8-20-10-14(17,3)4/h11-12,16H,5-10H2,1-4H3,(H,18,19). The quantitative estimate of drug-likeness (QED) is 0.770. The Morgan fingerprint density at radius 1 is 1.50 bits per heavy atom. The van der Waals surface area contributed by atoms with Crippen LogP contribution in [-0.2, 0) is 9.53 Å². The van der Waals surface area contributed by atoms with Crippen LogP contribution in [0.25, 0.3) is 0 Å². The van der Waals surface area contributed by atoms with Gasteiger partial charge < -0.3 is 9.84 Å². The van der Waals surface area contributed by atoms with Crippen LogP contribution < -0.4 is 5.32 Å². The SMILES string of the molecule is CC(C)NC(CN1CCOCC1(C)C)(C(=O)O)C1CC1. The Labute approximate surface area is 121 Å². The number of nitrogens with one attached hydrogen (secondary N) is 1. The molecule has 1 atom stereocenters. The highest BCUT2D eigenvalue weighted by Gasteiger charge is 2.53. The van der Waals surface area contributed by atoms with Crippen molar-refractivity contribution in [1.29, 1.82) is 0 Å². The molecule has 20 heavy (non-hydrogen) atoms. The van der Waals surface area contributed by atoms with E-state index in [-0.39, 0.29) is 17.5 Å². The number of morpholine rings is 1. The molecule has 0 amide bonds. The number of rotatable bonds is 6. The third kappa shape index (κ3) is 3.15. The summed E-state index contributed by atoms with van der Waals surface area (Å²) in [5, 5.41) is 13.2. The predicted octanol–water partition coefficient (Wildman–Crippen LogP) is 1.33. The molecule has 0 spiro atoms. The van der Waals surface area contributed by atoms with Gasteiger partial charge in [-0.3, -0.25) is 15.0 Å². The van der Waals surface area contributed by atoms with E-state index in [1.807, 2.05) is 13.8 Å². The van der Waals surface area contributed by atoms with E-state index in [2.05, 4.69) is 24.1 Å². The molecule has 1 saturated heterocycles. The topological polar surface area (TPSA) is 61.8 Å². The van der Waals surface area contributed by atoms with Crippen LogP contribution in [0.3, 0.4) is 0 Å². The van der Waals surface area contributed by atoms with Crippen molar-refractivity contribution in [1.82, 2.24) is 10.2 Å². The molecule has 5 nitrogen and oxygen atoms in total. The largest absolute Gasteiger partial charge is 0.480 e. The number of nitrogens with zero attached hydrogens (tertiary/aromatic N) is 1. The lowest BCUT2D eigenvalue weighted by Crippen LogP contribution is -2.66. The molecule has 0 bridgehead atoms. The van der Waals surface area contributed by atoms with Gasteiger partial charge in [-0.2, -0.15) is 0 Å². The Morgan fingerprint density at radius 2 is 2.15 bits per heavy atom. The molecule has 116 valence electrons. The third-order valence-electron chi connectivity index (χ3n) is 4.46. The maximum Gasteiger partial charge on any atom is 0.325 e. The third-order valence-corrected chi connectivity index (χ3v) is 4.46. The second-order valence-corrected chi connectivity index (χ2v) is 7.14. The van der Waals surface area contributed by atoms with Gasteiger partial charge in [0.2, 0.25) is 0 Å². The van der Waals surface area contributed by atoms with E-state index in [0.29, 0.717) is 19.8 Å². The first-order valence-electron chi connectivity index (χ1n) is 7.62. The summed E-state index contributed by atoms with van der Waals surface area (Å²) in [4.78, 5) is 14.3. The monoisotopic (exact) mass is 284 g/mol. The van der Waals surface area contributed by atoms with Crippen molar-refractivity contribution >= 4 is 5.97 Å². The Bertz CT molecular complexity index is 366. The van der Waals surface area contributed by atoms with Crippen LogP contribution in [0.1, 0.15) is 40.5 Å². The van der Waals surface area contributed by atoms with Crippen LogP contribution in [-0.4, -0.2) is 59.4 Å². The summed E-state index contributed by atoms with van der Waals surface area (Å²) in [6.45, 7) is 11.0. The fourth-order valence-electron chi connectivity index (χ4n) is 3.17. The first-order valence-corrected chi connectivity index (χ1v) is 7.62. The van der Waals surface area contributed by atoms with Gasteiger partial charge in [-0.1, -0.05) is 0 Å². The molecule has 1 unspecified atom stereocenters. The van der Waals surface area contributed by atoms with Gasteiger partial charge in [-0.05, 0) is 46.5 Å². The molecule has 0 aromatic heterocycles. The highest BCUT2D eigenvalue weighted by atomic mass is 16.5. The second-order valence-electron chi connectivity index (χ2n) is 7.14. The maximum atomic E-state index is 12.0. The zero-order valence-electron chi connectivity index (χ0n) is 13.1. The maximum absolute atomic E-state index is 12.0. The van der Waals surface area contributed by atoms with Crippen molar-refractivity contribution in [3.63, 3.8) is 0 Å². The minimum atomic E-state index is -0.817. The van der Waals surface area contributed by atoms with E-state index in [9.17, 15) is 9.90 Å². The molecular weight excluding hydrogens is 256 g/mol. The summed E-state index contributed by atoms with van der Waals surface area (Å²) >= 11 is 0. The fourth-order valence-corrected chi connectivity index (χ4v) is 3.17. The van der Waals surface area contributed by atoms with Crippen molar-refractivity contribution in [2.75, 3.05) is 26.3 Å². The van der Waals surface area contributed by atoms with Crippen LogP contribution >= 0.6 is 0 Å². The Balaban J connectivity index is 2.20. The number of hydrogen-bond acceptors (Lipinski definition) is 4. The van der Waals surface area contributed by atoms with Crippen molar-refractivity contribution in [3.05, 3.63) is 0 Å². The molecule has 1 aliphatic heterocycles. The smallest absolute Gasteiger partial charge is 0.325 e. The molecule has 1 saturated carbocycles. The van der Waals surface area contributed by atoms with Crippen LogP contribution in [0.5, 0.6) is 0 Å². The molecule has 0 aromatic rings. The van der Waals surface area contributed by atoms with Crippen molar-refractivity contribution in [2.45, 2.75) is 57.7 Å². The zero-order valence-corrected chi connectivity index (χ0v) is 13.1. The summed E-state index contributed by atoms with van der Waals surface area (Å²) in [6, 6.07) is 0.163. The molecule has 2 rings (SSSR count). The number of carboxylic acid groups (broad SMARTS) is 1. The van der Waals surface area contributed by atoms with Crippen molar-refractivity contribution in [2.24, 2.45) is 5.92 Å². The predicted molar refractivity (Wildman–Crippen MR) is 77.8 cm³/mol. The van der Waals surface area contributed by atoms with E-state index < -0.39 is 11.5 Å². The number of hydrogen-bond donors (Lipinski definition) is 2. The van der Waals surface area contributed by atoms with Gasteiger partial charge in [-0.25, -0.2) is 0 Å². The minimum Gasteiger partial charge on any atom is -0.480 e. The van der Waals surface area contributed by atoms with Gasteiger partial charge in [0.25, 0.3) is 0 Å². The van der Waals surface area contributed by atoms with E-state index in [1.54, 1.807) is 0 Å². The summed E-state index contributed by atoms with van der Waals surface area (Å²) < 4.78 is 5.54. The number of carbonyl (C=O) groups is 1. The lowest BCUT2D eigenvalue weighted by Gasteiger charge is -2.47. The highest BCUT2D eigenvalue weighted by molar-refractivity contribution is 5.80. The zero-order chi connectivity index (χ0) is 15.0. The molecule has 5 heteroatoms. The summed E-state index contributed by atoms with van der Waals surface area (Å²) in [5.74, 6) is -0.461. The van der Waals surface area contributed by atoms with Crippen molar-refractivity contribution in [3.8, 4) is 0 Å². The van der Waals surface area contributed by atoms with Crippen LogP contribution in [0.4, 0.5) is 0 Å². The lowest BCUT2D eigenvalue weighted by atomic mass is 9.88. The average Bonchev–Trinajstić information content (AvgIpc) is 3.13. The number of ether oxygens (including phenoxy) is 1. The Kier molecular flexibility index (Phi) is 4.42. The van der Waals surface area contributed by atoms with E-state index >= 15 is 0 Å². The lowest BCUT2D eigenvalue weighted by molar-refractivity contribution is -0.150. The van der Waals surface area contributed by atoms with Gasteiger partial charge in [0.1, 0.15) is 5.54 Å². The van der Waals surface area contributed by atoms with E-state index in [1.165, 1.54) is 0 Å². The molecule has 2 N–H and O–H groups in total. The fraction of sp³-hybridized carbons (Fsp3) is 0.933. The Hall–Kier alpha value is -0.650. The first kappa shape index (κ1) is 15.7. The first-order chi connectivity index (χ1) is 9.28. The number of carboxylic acids is 1. The van der Waals surface area contributed by atoms with Gasteiger partial charge >= 0.3 is 5.97 Å². The minimum absolute atomic E-state index is 0.105. The molecule has 0 aromatic carbocycles. The van der Waals surface area contributed by atoms with Crippen LogP contribution in [0.15, 0.2) is 0 Å². The van der Waals surface area contributed by atoms with Gasteiger partial charge in [0.15, 0.2) is 0 Å².